The Bertz CT molecular complexity index is 239. The van der Waals surface area contributed by atoms with Crippen molar-refractivity contribution >= 4 is 17.3 Å². The summed E-state index contributed by atoms with van der Waals surface area (Å²) in [5, 5.41) is 0.416. The first-order valence-electron chi connectivity index (χ1n) is 2.68. The van der Waals surface area contributed by atoms with Gasteiger partial charge in [-0.25, -0.2) is 0 Å². The second-order valence-corrected chi connectivity index (χ2v) is 2.14. The van der Waals surface area contributed by atoms with Crippen molar-refractivity contribution in [2.75, 3.05) is 12.8 Å². The van der Waals surface area contributed by atoms with E-state index in [-0.39, 0.29) is 0 Å². The molecule has 0 aromatic carbocycles. The molecular formula is C6H7ClN2O. The van der Waals surface area contributed by atoms with E-state index in [1.54, 1.807) is 0 Å². The molecule has 10 heavy (non-hydrogen) atoms. The Morgan fingerprint density at radius 1 is 1.60 bits per heavy atom. The highest BCUT2D eigenvalue weighted by atomic mass is 35.5. The van der Waals surface area contributed by atoms with Gasteiger partial charge < -0.3 is 10.5 Å². The van der Waals surface area contributed by atoms with Crippen LogP contribution in [0.25, 0.3) is 0 Å². The van der Waals surface area contributed by atoms with Crippen molar-refractivity contribution in [2.45, 2.75) is 0 Å². The van der Waals surface area contributed by atoms with Crippen LogP contribution in [-0.4, -0.2) is 12.1 Å². The molecule has 0 aliphatic heterocycles. The zero-order chi connectivity index (χ0) is 7.56. The third-order valence-corrected chi connectivity index (χ3v) is 1.42. The van der Waals surface area contributed by atoms with E-state index in [1.165, 1.54) is 19.5 Å². The number of aromatic nitrogens is 1. The van der Waals surface area contributed by atoms with Gasteiger partial charge in [-0.05, 0) is 0 Å². The molecule has 0 spiro atoms. The Morgan fingerprint density at radius 3 is 2.80 bits per heavy atom. The third kappa shape index (κ3) is 1.14. The molecule has 0 amide bonds. The summed E-state index contributed by atoms with van der Waals surface area (Å²) < 4.78 is 4.85. The molecule has 0 radical (unpaired) electrons. The van der Waals surface area contributed by atoms with Crippen LogP contribution in [-0.2, 0) is 0 Å². The van der Waals surface area contributed by atoms with Gasteiger partial charge in [0.25, 0.3) is 0 Å². The Kier molecular flexibility index (Phi) is 1.97. The maximum absolute atomic E-state index is 5.63. The second-order valence-electron chi connectivity index (χ2n) is 1.74. The molecule has 0 bridgehead atoms. The van der Waals surface area contributed by atoms with Gasteiger partial charge in [0.05, 0.1) is 24.0 Å². The van der Waals surface area contributed by atoms with Gasteiger partial charge in [0.15, 0.2) is 5.75 Å². The lowest BCUT2D eigenvalue weighted by molar-refractivity contribution is 0.415. The van der Waals surface area contributed by atoms with Gasteiger partial charge in [-0.3, -0.25) is 4.98 Å². The number of ether oxygens (including phenoxy) is 1. The van der Waals surface area contributed by atoms with Crippen LogP contribution in [0.1, 0.15) is 0 Å². The molecule has 0 atom stereocenters. The van der Waals surface area contributed by atoms with Crippen LogP contribution in [0.3, 0.4) is 0 Å². The molecule has 0 saturated carbocycles. The van der Waals surface area contributed by atoms with Crippen LogP contribution >= 0.6 is 11.6 Å². The van der Waals surface area contributed by atoms with Gasteiger partial charge in [0.2, 0.25) is 0 Å². The fourth-order valence-electron chi connectivity index (χ4n) is 0.590. The summed E-state index contributed by atoms with van der Waals surface area (Å²) in [5.41, 5.74) is 5.93. The Morgan fingerprint density at radius 2 is 2.30 bits per heavy atom. The average molecular weight is 159 g/mol. The van der Waals surface area contributed by atoms with Crippen LogP contribution in [0.5, 0.6) is 5.75 Å². The molecule has 1 heterocycles. The van der Waals surface area contributed by atoms with Crippen molar-refractivity contribution < 1.29 is 4.74 Å². The van der Waals surface area contributed by atoms with E-state index < -0.39 is 0 Å². The molecule has 0 fully saturated rings. The molecule has 4 heteroatoms. The third-order valence-electron chi connectivity index (χ3n) is 1.12. The van der Waals surface area contributed by atoms with Gasteiger partial charge in [0, 0.05) is 6.20 Å². The first-order valence-corrected chi connectivity index (χ1v) is 3.06. The predicted molar refractivity (Wildman–Crippen MR) is 40.2 cm³/mol. The lowest BCUT2D eigenvalue weighted by atomic mass is 10.4. The Hall–Kier alpha value is -0.960. The number of nitrogen functional groups attached to an aromatic ring is 1. The first kappa shape index (κ1) is 7.15. The number of anilines is 1. The number of hydrogen-bond acceptors (Lipinski definition) is 3. The largest absolute Gasteiger partial charge is 0.493 e. The van der Waals surface area contributed by atoms with Crippen LogP contribution in [0.15, 0.2) is 12.4 Å². The van der Waals surface area contributed by atoms with Crippen molar-refractivity contribution in [1.29, 1.82) is 0 Å². The number of nitrogens with two attached hydrogens (primary N) is 1. The topological polar surface area (TPSA) is 48.1 Å². The fraction of sp³-hybridized carbons (Fsp3) is 0.167. The molecule has 0 aliphatic carbocycles. The van der Waals surface area contributed by atoms with E-state index in [9.17, 15) is 0 Å². The zero-order valence-electron chi connectivity index (χ0n) is 5.47. The maximum Gasteiger partial charge on any atom is 0.161 e. The van der Waals surface area contributed by atoms with Crippen molar-refractivity contribution in [3.63, 3.8) is 0 Å². The number of halogens is 1. The van der Waals surface area contributed by atoms with E-state index in [0.717, 1.165) is 0 Å². The number of nitrogens with zero attached hydrogens (tertiary/aromatic N) is 1. The van der Waals surface area contributed by atoms with Gasteiger partial charge in [0.1, 0.15) is 0 Å². The molecular weight excluding hydrogens is 152 g/mol. The Labute approximate surface area is 63.8 Å². The van der Waals surface area contributed by atoms with Crippen LogP contribution in [0, 0.1) is 0 Å². The summed E-state index contributed by atoms with van der Waals surface area (Å²) in [5.74, 6) is 0.507. The second kappa shape index (κ2) is 2.75. The van der Waals surface area contributed by atoms with Gasteiger partial charge in [-0.2, -0.15) is 0 Å². The number of hydrogen-bond donors (Lipinski definition) is 1. The normalized spacial score (nSPS) is 9.40. The number of rotatable bonds is 1. The molecule has 3 nitrogen and oxygen atoms in total. The number of pyridine rings is 1. The number of methoxy groups -OCH3 is 1. The highest BCUT2D eigenvalue weighted by Crippen LogP contribution is 2.26. The van der Waals surface area contributed by atoms with Crippen LogP contribution in [0.2, 0.25) is 5.02 Å². The lowest BCUT2D eigenvalue weighted by Gasteiger charge is -2.02. The quantitative estimate of drug-likeness (QED) is 0.671. The van der Waals surface area contributed by atoms with E-state index in [4.69, 9.17) is 22.1 Å². The van der Waals surface area contributed by atoms with Crippen molar-refractivity contribution in [3.8, 4) is 5.75 Å². The van der Waals surface area contributed by atoms with Gasteiger partial charge in [-0.1, -0.05) is 11.6 Å². The monoisotopic (exact) mass is 158 g/mol. The molecule has 2 N–H and O–H groups in total. The highest BCUT2D eigenvalue weighted by molar-refractivity contribution is 6.33. The summed E-state index contributed by atoms with van der Waals surface area (Å²) in [6.07, 6.45) is 2.99. The van der Waals surface area contributed by atoms with Gasteiger partial charge in [-0.15, -0.1) is 0 Å². The van der Waals surface area contributed by atoms with E-state index >= 15 is 0 Å². The minimum atomic E-state index is 0.416. The smallest absolute Gasteiger partial charge is 0.161 e. The highest BCUT2D eigenvalue weighted by Gasteiger charge is 2.01. The molecule has 0 saturated heterocycles. The SMILES string of the molecule is COc1cncc(Cl)c1N. The van der Waals surface area contributed by atoms with Gasteiger partial charge >= 0.3 is 0 Å². The summed E-state index contributed by atoms with van der Waals surface area (Å²) in [6, 6.07) is 0. The molecule has 54 valence electrons. The minimum Gasteiger partial charge on any atom is -0.493 e. The van der Waals surface area contributed by atoms with Crippen molar-refractivity contribution in [2.24, 2.45) is 0 Å². The fourth-order valence-corrected chi connectivity index (χ4v) is 0.739. The summed E-state index contributed by atoms with van der Waals surface area (Å²) in [6.45, 7) is 0. The zero-order valence-corrected chi connectivity index (χ0v) is 6.22. The molecule has 0 unspecified atom stereocenters. The molecule has 1 aromatic rings. The first-order chi connectivity index (χ1) is 4.75. The predicted octanol–water partition coefficient (Wildman–Crippen LogP) is 1.33. The molecule has 1 rings (SSSR count). The van der Waals surface area contributed by atoms with E-state index in [2.05, 4.69) is 4.98 Å². The average Bonchev–Trinajstić information content (AvgIpc) is 1.95. The maximum atomic E-state index is 5.63. The molecule has 0 aliphatic rings. The molecule has 1 aromatic heterocycles. The lowest BCUT2D eigenvalue weighted by Crippen LogP contribution is -1.93. The van der Waals surface area contributed by atoms with Crippen LogP contribution in [0.4, 0.5) is 5.69 Å². The van der Waals surface area contributed by atoms with Crippen molar-refractivity contribution in [1.82, 2.24) is 4.98 Å². The van der Waals surface area contributed by atoms with Crippen LogP contribution < -0.4 is 10.5 Å². The summed E-state index contributed by atoms with van der Waals surface area (Å²) >= 11 is 5.63. The van der Waals surface area contributed by atoms with E-state index in [1.807, 2.05) is 0 Å². The minimum absolute atomic E-state index is 0.416. The standard InChI is InChI=1S/C6H7ClN2O/c1-10-5-3-9-2-4(7)6(5)8/h2-3H,1H3,(H2,8,9). The summed E-state index contributed by atoms with van der Waals surface area (Å²) in [4.78, 5) is 3.78. The van der Waals surface area contributed by atoms with E-state index in [0.29, 0.717) is 16.5 Å². The Balaban J connectivity index is 3.14. The summed E-state index contributed by atoms with van der Waals surface area (Å²) in [7, 11) is 1.52. The van der Waals surface area contributed by atoms with Crippen molar-refractivity contribution in [3.05, 3.63) is 17.4 Å².